The van der Waals surface area contributed by atoms with Gasteiger partial charge in [-0.3, -0.25) is 24.0 Å². The molecule has 15 heteroatoms. The van der Waals surface area contributed by atoms with Gasteiger partial charge in [-0.2, -0.15) is 0 Å². The molecule has 1 saturated heterocycles. The molecule has 15 nitrogen and oxygen atoms in total. The van der Waals surface area contributed by atoms with Crippen molar-refractivity contribution in [2.75, 3.05) is 40.0 Å². The number of carbonyl (C=O) groups is 5. The molecule has 0 unspecified atom stereocenters. The number of hydrogen-bond donors (Lipinski definition) is 2. The predicted octanol–water partition coefficient (Wildman–Crippen LogP) is -0.416. The van der Waals surface area contributed by atoms with Crippen LogP contribution in [0.5, 0.6) is 11.5 Å². The van der Waals surface area contributed by atoms with Crippen LogP contribution in [0.25, 0.3) is 0 Å². The summed E-state index contributed by atoms with van der Waals surface area (Å²) in [5.74, 6) is -3.47. The number of rotatable bonds is 13. The van der Waals surface area contributed by atoms with Crippen LogP contribution in [0.4, 0.5) is 0 Å². The third-order valence-electron chi connectivity index (χ3n) is 5.63. The summed E-state index contributed by atoms with van der Waals surface area (Å²) >= 11 is 0. The zero-order valence-electron chi connectivity index (χ0n) is 23.4. The van der Waals surface area contributed by atoms with Gasteiger partial charge >= 0.3 is 23.9 Å². The van der Waals surface area contributed by atoms with Crippen molar-refractivity contribution >= 4 is 29.8 Å². The van der Waals surface area contributed by atoms with Crippen LogP contribution in [0.2, 0.25) is 0 Å². The second-order valence-electron chi connectivity index (χ2n) is 8.79. The molecule has 5 atom stereocenters. The Morgan fingerprint density at radius 2 is 1.37 bits per heavy atom. The monoisotopic (exact) mass is 585 g/mol. The van der Waals surface area contributed by atoms with Crippen LogP contribution in [0.1, 0.15) is 38.1 Å². The Hall–Kier alpha value is -3.95. The lowest BCUT2D eigenvalue weighted by Crippen LogP contribution is -2.63. The number of carbonyl (C=O) groups excluding carboxylic acids is 5. The molecular weight excluding hydrogens is 550 g/mol. The Kier molecular flexibility index (Phi) is 12.8. The van der Waals surface area contributed by atoms with Gasteiger partial charge in [0.05, 0.1) is 20.3 Å². The van der Waals surface area contributed by atoms with Crippen LogP contribution >= 0.6 is 0 Å². The minimum atomic E-state index is -1.51. The number of esters is 4. The highest BCUT2D eigenvalue weighted by atomic mass is 16.7. The molecule has 0 aromatic heterocycles. The third kappa shape index (κ3) is 9.58. The smallest absolute Gasteiger partial charge is 0.303 e. The molecule has 41 heavy (non-hydrogen) atoms. The maximum absolute atomic E-state index is 12.9. The fourth-order valence-electron chi connectivity index (χ4n) is 4.05. The number of aliphatic hydroxyl groups excluding tert-OH is 2. The van der Waals surface area contributed by atoms with E-state index in [0.717, 1.165) is 27.7 Å². The molecule has 2 N–H and O–H groups in total. The van der Waals surface area contributed by atoms with E-state index in [1.807, 2.05) is 0 Å². The standard InChI is InChI=1S/C26H35NO14/c1-14(30)36-13-21-22(37-15(2)31)23(38-16(3)32)24(39-17(4)33)26(41-21)40-19-7-6-18(12-20(19)35-5)25(34)27(8-10-28)9-11-29/h6-7,12,21-24,26,28-29H,8-11,13H2,1-5H3/t21-,22-,23+,24-,26-/m1/s1. The fourth-order valence-corrected chi connectivity index (χ4v) is 4.05. The molecular formula is C26H35NO14. The van der Waals surface area contributed by atoms with Crippen LogP contribution in [-0.4, -0.2) is 116 Å². The van der Waals surface area contributed by atoms with E-state index in [9.17, 15) is 34.2 Å². The summed E-state index contributed by atoms with van der Waals surface area (Å²) < 4.78 is 38.4. The van der Waals surface area contributed by atoms with E-state index >= 15 is 0 Å². The molecule has 0 spiro atoms. The number of aliphatic hydroxyl groups is 2. The highest BCUT2D eigenvalue weighted by Crippen LogP contribution is 2.35. The molecule has 2 rings (SSSR count). The minimum Gasteiger partial charge on any atom is -0.493 e. The Balaban J connectivity index is 2.50. The van der Waals surface area contributed by atoms with Crippen LogP contribution in [0.15, 0.2) is 18.2 Å². The summed E-state index contributed by atoms with van der Waals surface area (Å²) in [6.45, 7) is 3.37. The van der Waals surface area contributed by atoms with Crippen molar-refractivity contribution in [1.82, 2.24) is 4.90 Å². The van der Waals surface area contributed by atoms with E-state index in [2.05, 4.69) is 0 Å². The average molecular weight is 586 g/mol. The molecule has 0 radical (unpaired) electrons. The second kappa shape index (κ2) is 15.7. The van der Waals surface area contributed by atoms with Crippen molar-refractivity contribution in [3.63, 3.8) is 0 Å². The van der Waals surface area contributed by atoms with Gasteiger partial charge in [0.15, 0.2) is 23.7 Å². The normalized spacial score (nSPS) is 21.7. The van der Waals surface area contributed by atoms with Crippen molar-refractivity contribution < 1.29 is 67.3 Å². The predicted molar refractivity (Wildman–Crippen MR) is 136 cm³/mol. The lowest BCUT2D eigenvalue weighted by Gasteiger charge is -2.44. The molecule has 1 fully saturated rings. The third-order valence-corrected chi connectivity index (χ3v) is 5.63. The number of ether oxygens (including phenoxy) is 7. The number of nitrogens with zero attached hydrogens (tertiary/aromatic N) is 1. The first-order chi connectivity index (χ1) is 19.4. The van der Waals surface area contributed by atoms with Crippen molar-refractivity contribution in [3.8, 4) is 11.5 Å². The van der Waals surface area contributed by atoms with E-state index in [-0.39, 0.29) is 43.4 Å². The maximum Gasteiger partial charge on any atom is 0.303 e. The first kappa shape index (κ1) is 33.3. The van der Waals surface area contributed by atoms with Gasteiger partial charge in [-0.05, 0) is 18.2 Å². The van der Waals surface area contributed by atoms with E-state index in [0.29, 0.717) is 0 Å². The van der Waals surface area contributed by atoms with Crippen molar-refractivity contribution in [1.29, 1.82) is 0 Å². The number of hydrogen-bond acceptors (Lipinski definition) is 14. The van der Waals surface area contributed by atoms with E-state index in [1.54, 1.807) is 0 Å². The van der Waals surface area contributed by atoms with Gasteiger partial charge in [0, 0.05) is 46.3 Å². The minimum absolute atomic E-state index is 0.00923. The van der Waals surface area contributed by atoms with Crippen LogP contribution in [-0.2, 0) is 42.9 Å². The summed E-state index contributed by atoms with van der Waals surface area (Å²) in [6.07, 6.45) is -6.99. The zero-order valence-corrected chi connectivity index (χ0v) is 23.4. The summed E-state index contributed by atoms with van der Waals surface area (Å²) in [5, 5.41) is 18.5. The summed E-state index contributed by atoms with van der Waals surface area (Å²) in [6, 6.07) is 4.12. The van der Waals surface area contributed by atoms with Crippen LogP contribution in [0.3, 0.4) is 0 Å². The lowest BCUT2D eigenvalue weighted by molar-refractivity contribution is -0.288. The van der Waals surface area contributed by atoms with Crippen LogP contribution in [0, 0.1) is 0 Å². The topological polar surface area (TPSA) is 194 Å². The average Bonchev–Trinajstić information content (AvgIpc) is 2.89. The molecule has 1 aliphatic rings. The molecule has 228 valence electrons. The lowest BCUT2D eigenvalue weighted by atomic mass is 9.98. The van der Waals surface area contributed by atoms with Gasteiger partial charge < -0.3 is 48.3 Å². The van der Waals surface area contributed by atoms with Gasteiger partial charge in [0.2, 0.25) is 12.4 Å². The van der Waals surface area contributed by atoms with Crippen molar-refractivity contribution in [2.45, 2.75) is 58.4 Å². The molecule has 0 bridgehead atoms. The summed E-state index contributed by atoms with van der Waals surface area (Å²) in [4.78, 5) is 61.6. The Morgan fingerprint density at radius 3 is 1.88 bits per heavy atom. The summed E-state index contributed by atoms with van der Waals surface area (Å²) in [5.41, 5.74) is 0.151. The van der Waals surface area contributed by atoms with Crippen LogP contribution < -0.4 is 9.47 Å². The SMILES string of the molecule is COc1cc(C(=O)N(CCO)CCO)ccc1O[C@@H]1O[C@H](COC(C)=O)[C@@H](OC(C)=O)[C@H](OC(C)=O)[C@H]1OC(C)=O. The number of methoxy groups -OCH3 is 1. The van der Waals surface area contributed by atoms with Gasteiger partial charge in [-0.15, -0.1) is 0 Å². The highest BCUT2D eigenvalue weighted by molar-refractivity contribution is 5.95. The fraction of sp³-hybridized carbons (Fsp3) is 0.577. The number of benzene rings is 1. The molecule has 1 aromatic rings. The van der Waals surface area contributed by atoms with Crippen molar-refractivity contribution in [3.05, 3.63) is 23.8 Å². The van der Waals surface area contributed by atoms with Gasteiger partial charge in [-0.25, -0.2) is 0 Å². The summed E-state index contributed by atoms with van der Waals surface area (Å²) in [7, 11) is 1.31. The Bertz CT molecular complexity index is 1090. The zero-order chi connectivity index (χ0) is 30.7. The highest BCUT2D eigenvalue weighted by Gasteiger charge is 2.53. The number of amides is 1. The molecule has 1 amide bonds. The quantitative estimate of drug-likeness (QED) is 0.224. The van der Waals surface area contributed by atoms with Gasteiger partial charge in [-0.1, -0.05) is 0 Å². The Labute approximate surface area is 236 Å². The molecule has 1 aliphatic heterocycles. The second-order valence-corrected chi connectivity index (χ2v) is 8.79. The van der Waals surface area contributed by atoms with E-state index in [1.165, 1.54) is 30.2 Å². The molecule has 1 aromatic carbocycles. The largest absolute Gasteiger partial charge is 0.493 e. The first-order valence-electron chi connectivity index (χ1n) is 12.6. The van der Waals surface area contributed by atoms with Gasteiger partial charge in [0.25, 0.3) is 5.91 Å². The van der Waals surface area contributed by atoms with E-state index in [4.69, 9.17) is 33.2 Å². The Morgan fingerprint density at radius 1 is 0.805 bits per heavy atom. The van der Waals surface area contributed by atoms with Crippen molar-refractivity contribution in [2.24, 2.45) is 0 Å². The maximum atomic E-state index is 12.9. The van der Waals surface area contributed by atoms with Gasteiger partial charge in [0.1, 0.15) is 12.7 Å². The molecule has 1 heterocycles. The first-order valence-corrected chi connectivity index (χ1v) is 12.6. The van der Waals surface area contributed by atoms with E-state index < -0.39 is 67.1 Å². The molecule has 0 saturated carbocycles. The molecule has 0 aliphatic carbocycles.